The molecule has 0 radical (unpaired) electrons. The summed E-state index contributed by atoms with van der Waals surface area (Å²) >= 11 is 4.93. The van der Waals surface area contributed by atoms with Crippen LogP contribution < -0.4 is 16.0 Å². The van der Waals surface area contributed by atoms with Gasteiger partial charge in [-0.3, -0.25) is 43.5 Å². The number of phenols is 1. The number of fused-ring (bicyclic) bond motifs is 2. The lowest BCUT2D eigenvalue weighted by atomic mass is 9.99. The van der Waals surface area contributed by atoms with Crippen molar-refractivity contribution < 1.29 is 48.6 Å². The number of piperazine rings is 1. The zero-order valence-electron chi connectivity index (χ0n) is 33.8. The van der Waals surface area contributed by atoms with Crippen LogP contribution in [-0.2, 0) is 47.7 Å². The van der Waals surface area contributed by atoms with Crippen molar-refractivity contribution >= 4 is 94.5 Å². The normalized spacial score (nSPS) is 22.4. The molecule has 0 bridgehead atoms. The van der Waals surface area contributed by atoms with Crippen molar-refractivity contribution in [3.63, 3.8) is 0 Å². The van der Waals surface area contributed by atoms with Gasteiger partial charge in [-0.1, -0.05) is 35.7 Å². The highest BCUT2D eigenvalue weighted by Crippen LogP contribution is 2.44. The summed E-state index contributed by atoms with van der Waals surface area (Å²) in [5, 5.41) is 50.0. The number of hydrogen-bond acceptors (Lipinski definition) is 19. The number of hydrogen-bond donors (Lipinski definition) is 5. The van der Waals surface area contributed by atoms with Crippen LogP contribution in [0.2, 0.25) is 0 Å². The molecule has 336 valence electrons. The number of tetrazole rings is 2. The van der Waals surface area contributed by atoms with E-state index in [0.717, 1.165) is 4.90 Å². The van der Waals surface area contributed by atoms with E-state index in [2.05, 4.69) is 47.0 Å². The van der Waals surface area contributed by atoms with E-state index < -0.39 is 76.3 Å². The number of thioether (sulfide) groups is 4. The predicted molar refractivity (Wildman–Crippen MR) is 224 cm³/mol. The van der Waals surface area contributed by atoms with E-state index in [-0.39, 0.29) is 65.4 Å². The molecule has 0 saturated carbocycles. The van der Waals surface area contributed by atoms with Crippen LogP contribution in [0, 0.1) is 0 Å². The number of carboxylic acid groups (broad SMARTS) is 1. The van der Waals surface area contributed by atoms with E-state index in [9.17, 15) is 48.6 Å². The molecule has 0 aliphatic carbocycles. The number of β-lactam (4-membered cyclic amide) rings is 2. The smallest absolute Gasteiger partial charge is 0.352 e. The first-order chi connectivity index (χ1) is 30.7. The van der Waals surface area contributed by atoms with E-state index in [4.69, 9.17) is 0 Å². The number of rotatable bonds is 14. The fourth-order valence-corrected chi connectivity index (χ4v) is 12.0. The topological polar surface area (TPSA) is 313 Å². The van der Waals surface area contributed by atoms with Crippen molar-refractivity contribution in [1.82, 2.24) is 76.0 Å². The Morgan fingerprint density at radius 1 is 0.797 bits per heavy atom. The highest BCUT2D eigenvalue weighted by molar-refractivity contribution is 8.01. The van der Waals surface area contributed by atoms with Gasteiger partial charge in [0.15, 0.2) is 0 Å². The van der Waals surface area contributed by atoms with Crippen LogP contribution in [0.5, 0.6) is 5.75 Å². The molecule has 5 aliphatic rings. The largest absolute Gasteiger partial charge is 0.508 e. The third kappa shape index (κ3) is 8.22. The third-order valence-electron chi connectivity index (χ3n) is 10.7. The second-order valence-corrected chi connectivity index (χ2v) is 18.6. The summed E-state index contributed by atoms with van der Waals surface area (Å²) in [4.78, 5) is 112. The lowest BCUT2D eigenvalue weighted by molar-refractivity contribution is -0.153. The van der Waals surface area contributed by atoms with E-state index >= 15 is 0 Å². The molecule has 8 amide bonds. The van der Waals surface area contributed by atoms with Gasteiger partial charge < -0.3 is 31.1 Å². The van der Waals surface area contributed by atoms with E-state index in [0.29, 0.717) is 26.4 Å². The molecule has 5 unspecified atom stereocenters. The number of nitrogens with zero attached hydrogens (tertiary/aromatic N) is 12. The maximum Gasteiger partial charge on any atom is 0.352 e. The van der Waals surface area contributed by atoms with E-state index in [1.807, 2.05) is 0 Å². The molecule has 2 aromatic heterocycles. The second kappa shape index (κ2) is 18.1. The number of benzene rings is 1. The standard InChI is InChI=1S/C35H37N15O10S4/c1-4-47-9-10-48(29(57)28(47)56)33(60)38-19(15-5-7-18(51)8-6-15)24(52)36-20-26(54)49-22(16(11-61-30(20)49)13-63-34-39-41-43-45(34)2)25(53)37-21-27(55)50-23(32(58)59)17(12-62-31(21)50)14-64-35-40-42-44-46(35)3/h5-8,19-21,30-31,51H,4,9-14H2,1-3H3,(H,36,52)(H,37,53)(H,38,60)(H,58,59). The number of phenolic OH excluding ortho intramolecular Hbond substituents is 1. The number of aromatic nitrogens is 8. The Balaban J connectivity index is 1.00. The van der Waals surface area contributed by atoms with Gasteiger partial charge in [0, 0.05) is 56.7 Å². The van der Waals surface area contributed by atoms with Gasteiger partial charge in [-0.05, 0) is 56.6 Å². The molecule has 25 nitrogen and oxygen atoms in total. The minimum absolute atomic E-state index is 0.0601. The van der Waals surface area contributed by atoms with Crippen LogP contribution in [-0.4, -0.2) is 183 Å². The van der Waals surface area contributed by atoms with Crippen molar-refractivity contribution in [3.05, 3.63) is 52.4 Å². The van der Waals surface area contributed by atoms with Crippen LogP contribution in [0.3, 0.4) is 0 Å². The van der Waals surface area contributed by atoms with Crippen LogP contribution in [0.1, 0.15) is 18.5 Å². The molecule has 0 spiro atoms. The molecule has 5 aliphatic heterocycles. The molecule has 8 rings (SSSR count). The zero-order valence-corrected chi connectivity index (χ0v) is 37.1. The van der Waals surface area contributed by atoms with Gasteiger partial charge in [-0.15, -0.1) is 33.7 Å². The molecular weight excluding hydrogens is 919 g/mol. The van der Waals surface area contributed by atoms with Crippen LogP contribution in [0.4, 0.5) is 4.79 Å². The van der Waals surface area contributed by atoms with Gasteiger partial charge in [0.25, 0.3) is 17.7 Å². The quantitative estimate of drug-likeness (QED) is 0.0654. The van der Waals surface area contributed by atoms with Crippen LogP contribution in [0.15, 0.2) is 57.1 Å². The summed E-state index contributed by atoms with van der Waals surface area (Å²) in [6.07, 6.45) is 0. The van der Waals surface area contributed by atoms with Crippen molar-refractivity contribution in [3.8, 4) is 5.75 Å². The Morgan fingerprint density at radius 3 is 1.88 bits per heavy atom. The first-order valence-electron chi connectivity index (χ1n) is 19.3. The van der Waals surface area contributed by atoms with Crippen molar-refractivity contribution in [1.29, 1.82) is 0 Å². The number of nitrogens with one attached hydrogen (secondary N) is 3. The molecule has 64 heavy (non-hydrogen) atoms. The fourth-order valence-electron chi connectivity index (χ4n) is 7.38. The lowest BCUT2D eigenvalue weighted by Crippen LogP contribution is -2.73. The second-order valence-electron chi connectivity index (χ2n) is 14.5. The number of carbonyl (C=O) groups excluding carboxylic acids is 7. The summed E-state index contributed by atoms with van der Waals surface area (Å²) in [7, 11) is 3.27. The maximum absolute atomic E-state index is 14.4. The van der Waals surface area contributed by atoms with Crippen molar-refractivity contribution in [2.24, 2.45) is 14.1 Å². The molecule has 7 heterocycles. The van der Waals surface area contributed by atoms with E-state index in [1.165, 1.54) is 90.5 Å². The van der Waals surface area contributed by atoms with Crippen LogP contribution in [0.25, 0.3) is 0 Å². The predicted octanol–water partition coefficient (Wildman–Crippen LogP) is -2.14. The molecule has 3 aromatic rings. The Hall–Kier alpha value is -6.20. The van der Waals surface area contributed by atoms with Crippen molar-refractivity contribution in [2.75, 3.05) is 42.6 Å². The molecule has 3 saturated heterocycles. The van der Waals surface area contributed by atoms with Gasteiger partial charge >= 0.3 is 23.8 Å². The van der Waals surface area contributed by atoms with Gasteiger partial charge in [-0.25, -0.2) is 19.0 Å². The minimum atomic E-state index is -1.51. The molecule has 3 fully saturated rings. The lowest BCUT2D eigenvalue weighted by Gasteiger charge is -2.52. The summed E-state index contributed by atoms with van der Waals surface area (Å²) in [5.74, 6) is -5.61. The Kier molecular flexibility index (Phi) is 12.6. The van der Waals surface area contributed by atoms with Crippen LogP contribution >= 0.6 is 47.0 Å². The van der Waals surface area contributed by atoms with Gasteiger partial charge in [0.2, 0.25) is 16.2 Å². The number of carbonyl (C=O) groups is 8. The first-order valence-corrected chi connectivity index (χ1v) is 23.3. The molecule has 1 aromatic carbocycles. The fraction of sp³-hybridized carbons (Fsp3) is 0.429. The summed E-state index contributed by atoms with van der Waals surface area (Å²) < 4.78 is 2.86. The number of aryl methyl sites for hydroxylation is 2. The van der Waals surface area contributed by atoms with E-state index in [1.54, 1.807) is 21.0 Å². The van der Waals surface area contributed by atoms with Crippen molar-refractivity contribution in [2.45, 2.75) is 46.1 Å². The number of aliphatic carboxylic acids is 1. The Labute approximate surface area is 378 Å². The number of imide groups is 1. The highest BCUT2D eigenvalue weighted by atomic mass is 32.2. The summed E-state index contributed by atoms with van der Waals surface area (Å²) in [6.45, 7) is 1.91. The molecule has 29 heteroatoms. The minimum Gasteiger partial charge on any atom is -0.508 e. The number of amides is 8. The maximum atomic E-state index is 14.4. The molecule has 5 atom stereocenters. The number of likely N-dealkylation sites (N-methyl/N-ethyl adjacent to an activating group) is 1. The van der Waals surface area contributed by atoms with Gasteiger partial charge in [0.1, 0.15) is 46.0 Å². The SMILES string of the molecule is CCN1CCN(C(=O)NC(C(=O)NC2C(=O)N3C(C(=O)NC4C(=O)N5C(C(=O)O)=C(CSc6nnnn6C)CSC45)=C(CSc4nnnn4C)CSC23)c2ccc(O)cc2)C(=O)C1=O. The zero-order chi connectivity index (χ0) is 45.6. The number of aromatic hydroxyl groups is 1. The number of urea groups is 1. The average molecular weight is 956 g/mol. The molecule has 5 N–H and O–H groups in total. The average Bonchev–Trinajstić information content (AvgIpc) is 3.90. The monoisotopic (exact) mass is 955 g/mol. The summed E-state index contributed by atoms with van der Waals surface area (Å²) in [6, 6.07) is 0.413. The highest BCUT2D eigenvalue weighted by Gasteiger charge is 2.57. The Bertz CT molecular complexity index is 2530. The first kappa shape index (κ1) is 44.4. The Morgan fingerprint density at radius 2 is 1.34 bits per heavy atom. The third-order valence-corrected chi connectivity index (χ3v) is 15.6. The van der Waals surface area contributed by atoms with Gasteiger partial charge in [-0.2, -0.15) is 0 Å². The molecular formula is C35H37N15O10S4. The van der Waals surface area contributed by atoms with Gasteiger partial charge in [0.05, 0.1) is 0 Å². The number of carboxylic acids is 1. The summed E-state index contributed by atoms with van der Waals surface area (Å²) in [5.41, 5.74) is 0.890.